The Hall–Kier alpha value is -3.48. The average Bonchev–Trinajstić information content (AvgIpc) is 3.02. The third kappa shape index (κ3) is 3.58. The zero-order chi connectivity index (χ0) is 21.3. The van der Waals surface area contributed by atoms with Gasteiger partial charge in [-0.05, 0) is 49.4 Å². The van der Waals surface area contributed by atoms with Crippen LogP contribution in [0, 0.1) is 0 Å². The molecule has 0 radical (unpaired) electrons. The molecule has 2 atom stereocenters. The highest BCUT2D eigenvalue weighted by Crippen LogP contribution is 2.29. The van der Waals surface area contributed by atoms with Crippen molar-refractivity contribution in [3.05, 3.63) is 70.8 Å². The van der Waals surface area contributed by atoms with Gasteiger partial charge in [0.25, 0.3) is 17.7 Å². The van der Waals surface area contributed by atoms with Crippen molar-refractivity contribution in [1.82, 2.24) is 10.2 Å². The first-order chi connectivity index (χ1) is 14.5. The van der Waals surface area contributed by atoms with E-state index in [0.29, 0.717) is 0 Å². The molecular formula is C23H22N2O5. The van der Waals surface area contributed by atoms with Crippen molar-refractivity contribution in [3.8, 4) is 0 Å². The quantitative estimate of drug-likeness (QED) is 0.608. The van der Waals surface area contributed by atoms with Crippen LogP contribution in [0.5, 0.6) is 0 Å². The first kappa shape index (κ1) is 19.8. The SMILES string of the molecule is C[C@H](C(=O)OCC(=O)N[C@H]1CCCc2ccccc21)N1C(=O)c2ccccc2C1=O. The summed E-state index contributed by atoms with van der Waals surface area (Å²) in [5.74, 6) is -2.30. The molecular weight excluding hydrogens is 384 g/mol. The van der Waals surface area contributed by atoms with Crippen molar-refractivity contribution in [2.24, 2.45) is 0 Å². The zero-order valence-corrected chi connectivity index (χ0v) is 16.6. The lowest BCUT2D eigenvalue weighted by Gasteiger charge is -2.26. The second-order valence-corrected chi connectivity index (χ2v) is 7.52. The number of esters is 1. The van der Waals surface area contributed by atoms with Gasteiger partial charge >= 0.3 is 5.97 Å². The molecule has 2 aliphatic rings. The first-order valence-corrected chi connectivity index (χ1v) is 9.98. The van der Waals surface area contributed by atoms with Gasteiger partial charge in [-0.25, -0.2) is 4.79 Å². The third-order valence-electron chi connectivity index (χ3n) is 5.60. The number of nitrogens with zero attached hydrogens (tertiary/aromatic N) is 1. The maximum absolute atomic E-state index is 12.5. The Balaban J connectivity index is 1.35. The maximum Gasteiger partial charge on any atom is 0.329 e. The number of imide groups is 1. The van der Waals surface area contributed by atoms with Crippen LogP contribution in [0.3, 0.4) is 0 Å². The first-order valence-electron chi connectivity index (χ1n) is 9.98. The number of hydrogen-bond donors (Lipinski definition) is 1. The summed E-state index contributed by atoms with van der Waals surface area (Å²) in [5.41, 5.74) is 2.82. The molecule has 2 aromatic carbocycles. The summed E-state index contributed by atoms with van der Waals surface area (Å²) in [7, 11) is 0. The van der Waals surface area contributed by atoms with Crippen LogP contribution in [0.1, 0.15) is 57.7 Å². The van der Waals surface area contributed by atoms with Gasteiger partial charge in [0.15, 0.2) is 6.61 Å². The molecule has 1 aliphatic carbocycles. The molecule has 1 aliphatic heterocycles. The fourth-order valence-corrected chi connectivity index (χ4v) is 4.06. The Bertz CT molecular complexity index is 997. The van der Waals surface area contributed by atoms with Crippen molar-refractivity contribution in [1.29, 1.82) is 0 Å². The minimum absolute atomic E-state index is 0.116. The molecule has 154 valence electrons. The fourth-order valence-electron chi connectivity index (χ4n) is 4.06. The molecule has 0 saturated heterocycles. The summed E-state index contributed by atoms with van der Waals surface area (Å²) in [6, 6.07) is 13.1. The standard InChI is InChI=1S/C23H22N2O5/c1-14(25-21(27)17-10-4-5-11-18(17)22(25)28)23(29)30-13-20(26)24-19-12-6-8-15-7-2-3-9-16(15)19/h2-5,7,9-11,14,19H,6,8,12-13H2,1H3,(H,24,26)/t14-,19+/m1/s1. The molecule has 0 fully saturated rings. The Labute approximate surface area is 174 Å². The molecule has 0 spiro atoms. The predicted molar refractivity (Wildman–Crippen MR) is 108 cm³/mol. The van der Waals surface area contributed by atoms with Crippen LogP contribution >= 0.6 is 0 Å². The molecule has 7 heteroatoms. The number of fused-ring (bicyclic) bond motifs is 2. The van der Waals surface area contributed by atoms with Crippen LogP contribution in [0.15, 0.2) is 48.5 Å². The molecule has 0 aromatic heterocycles. The highest BCUT2D eigenvalue weighted by molar-refractivity contribution is 6.22. The van der Waals surface area contributed by atoms with E-state index in [1.807, 2.05) is 18.2 Å². The normalized spacial score (nSPS) is 18.4. The molecule has 0 bridgehead atoms. The van der Waals surface area contributed by atoms with E-state index < -0.39 is 36.3 Å². The van der Waals surface area contributed by atoms with E-state index in [0.717, 1.165) is 29.7 Å². The summed E-state index contributed by atoms with van der Waals surface area (Å²) in [6.07, 6.45) is 2.77. The van der Waals surface area contributed by atoms with Gasteiger partial charge in [0.05, 0.1) is 17.2 Å². The van der Waals surface area contributed by atoms with Gasteiger partial charge in [-0.3, -0.25) is 19.3 Å². The number of hydrogen-bond acceptors (Lipinski definition) is 5. The van der Waals surface area contributed by atoms with Gasteiger partial charge < -0.3 is 10.1 Å². The molecule has 3 amide bonds. The van der Waals surface area contributed by atoms with Crippen LogP contribution in [-0.4, -0.2) is 41.2 Å². The number of carbonyl (C=O) groups is 4. The van der Waals surface area contributed by atoms with Crippen molar-refractivity contribution in [2.75, 3.05) is 6.61 Å². The Morgan fingerprint density at radius 3 is 2.40 bits per heavy atom. The largest absolute Gasteiger partial charge is 0.454 e. The Kier molecular flexibility index (Phi) is 5.35. The summed E-state index contributed by atoms with van der Waals surface area (Å²) in [5, 5.41) is 2.91. The lowest BCUT2D eigenvalue weighted by molar-refractivity contribution is -0.152. The summed E-state index contributed by atoms with van der Waals surface area (Å²) in [4.78, 5) is 50.6. The van der Waals surface area contributed by atoms with E-state index in [2.05, 4.69) is 11.4 Å². The van der Waals surface area contributed by atoms with Gasteiger partial charge in [0, 0.05) is 0 Å². The zero-order valence-electron chi connectivity index (χ0n) is 16.6. The Morgan fingerprint density at radius 2 is 1.70 bits per heavy atom. The third-order valence-corrected chi connectivity index (χ3v) is 5.60. The topological polar surface area (TPSA) is 92.8 Å². The lowest BCUT2D eigenvalue weighted by Crippen LogP contribution is -2.44. The van der Waals surface area contributed by atoms with Crippen LogP contribution in [-0.2, 0) is 20.7 Å². The second-order valence-electron chi connectivity index (χ2n) is 7.52. The second kappa shape index (κ2) is 8.10. The van der Waals surface area contributed by atoms with E-state index in [9.17, 15) is 19.2 Å². The predicted octanol–water partition coefficient (Wildman–Crippen LogP) is 2.41. The van der Waals surface area contributed by atoms with Crippen molar-refractivity contribution < 1.29 is 23.9 Å². The molecule has 2 aromatic rings. The summed E-state index contributed by atoms with van der Waals surface area (Å²) < 4.78 is 5.11. The maximum atomic E-state index is 12.5. The van der Waals surface area contributed by atoms with Crippen LogP contribution in [0.4, 0.5) is 0 Å². The Morgan fingerprint density at radius 1 is 1.07 bits per heavy atom. The molecule has 1 heterocycles. The van der Waals surface area contributed by atoms with E-state index in [1.54, 1.807) is 24.3 Å². The lowest BCUT2D eigenvalue weighted by atomic mass is 9.88. The number of carbonyl (C=O) groups excluding carboxylic acids is 4. The highest BCUT2D eigenvalue weighted by atomic mass is 16.5. The molecule has 4 rings (SSSR count). The van der Waals surface area contributed by atoms with Crippen LogP contribution < -0.4 is 5.32 Å². The van der Waals surface area contributed by atoms with E-state index in [-0.39, 0.29) is 17.2 Å². The number of rotatable bonds is 5. The van der Waals surface area contributed by atoms with Crippen LogP contribution in [0.25, 0.3) is 0 Å². The minimum Gasteiger partial charge on any atom is -0.454 e. The fraction of sp³-hybridized carbons (Fsp3) is 0.304. The highest BCUT2D eigenvalue weighted by Gasteiger charge is 2.41. The summed E-state index contributed by atoms with van der Waals surface area (Å²) >= 11 is 0. The van der Waals surface area contributed by atoms with Gasteiger partial charge in [0.1, 0.15) is 6.04 Å². The molecule has 7 nitrogen and oxygen atoms in total. The van der Waals surface area contributed by atoms with Crippen molar-refractivity contribution in [2.45, 2.75) is 38.3 Å². The number of nitrogens with one attached hydrogen (secondary N) is 1. The van der Waals surface area contributed by atoms with Gasteiger partial charge in [-0.1, -0.05) is 36.4 Å². The van der Waals surface area contributed by atoms with E-state index >= 15 is 0 Å². The van der Waals surface area contributed by atoms with Crippen molar-refractivity contribution in [3.63, 3.8) is 0 Å². The van der Waals surface area contributed by atoms with Gasteiger partial charge in [0.2, 0.25) is 0 Å². The smallest absolute Gasteiger partial charge is 0.329 e. The van der Waals surface area contributed by atoms with Gasteiger partial charge in [-0.15, -0.1) is 0 Å². The summed E-state index contributed by atoms with van der Waals surface area (Å²) in [6.45, 7) is 0.949. The molecule has 1 N–H and O–H groups in total. The number of ether oxygens (including phenoxy) is 1. The van der Waals surface area contributed by atoms with E-state index in [4.69, 9.17) is 4.74 Å². The average molecular weight is 406 g/mol. The molecule has 0 unspecified atom stereocenters. The van der Waals surface area contributed by atoms with Crippen LogP contribution in [0.2, 0.25) is 0 Å². The minimum atomic E-state index is -1.12. The van der Waals surface area contributed by atoms with E-state index in [1.165, 1.54) is 12.5 Å². The molecule has 0 saturated carbocycles. The van der Waals surface area contributed by atoms with Crippen molar-refractivity contribution >= 4 is 23.7 Å². The molecule has 30 heavy (non-hydrogen) atoms. The monoisotopic (exact) mass is 406 g/mol. The number of amides is 3. The number of benzene rings is 2. The number of aryl methyl sites for hydroxylation is 1. The van der Waals surface area contributed by atoms with Gasteiger partial charge in [-0.2, -0.15) is 0 Å².